The van der Waals surface area contributed by atoms with Crippen LogP contribution in [-0.2, 0) is 4.79 Å². The molecule has 3 nitrogen and oxygen atoms in total. The van der Waals surface area contributed by atoms with Crippen LogP contribution < -0.4 is 10.6 Å². The van der Waals surface area contributed by atoms with Crippen molar-refractivity contribution in [3.05, 3.63) is 0 Å². The van der Waals surface area contributed by atoms with Gasteiger partial charge in [0.15, 0.2) is 0 Å². The van der Waals surface area contributed by atoms with Gasteiger partial charge in [0, 0.05) is 19.0 Å². The molecular weight excluding hydrogens is 200 g/mol. The average molecular weight is 226 g/mol. The van der Waals surface area contributed by atoms with Gasteiger partial charge in [0.05, 0.1) is 0 Å². The summed E-state index contributed by atoms with van der Waals surface area (Å²) in [6.45, 7) is 5.84. The monoisotopic (exact) mass is 226 g/mol. The van der Waals surface area contributed by atoms with Crippen molar-refractivity contribution < 1.29 is 4.79 Å². The Hall–Kier alpha value is -0.570. The molecule has 1 fully saturated rings. The van der Waals surface area contributed by atoms with E-state index in [1.54, 1.807) is 0 Å². The molecule has 1 rings (SSSR count). The molecule has 0 heterocycles. The molecule has 1 aliphatic rings. The van der Waals surface area contributed by atoms with Crippen LogP contribution in [0.5, 0.6) is 0 Å². The van der Waals surface area contributed by atoms with E-state index in [4.69, 9.17) is 0 Å². The Morgan fingerprint density at radius 1 is 1.38 bits per heavy atom. The molecule has 0 bridgehead atoms. The highest BCUT2D eigenvalue weighted by molar-refractivity contribution is 5.78. The number of rotatable bonds is 6. The molecule has 16 heavy (non-hydrogen) atoms. The minimum absolute atomic E-state index is 0.0697. The van der Waals surface area contributed by atoms with E-state index in [0.717, 1.165) is 13.1 Å². The molecule has 2 N–H and O–H groups in total. The molecule has 0 spiro atoms. The predicted molar refractivity (Wildman–Crippen MR) is 67.3 cm³/mol. The zero-order valence-electron chi connectivity index (χ0n) is 10.9. The van der Waals surface area contributed by atoms with Gasteiger partial charge in [0.25, 0.3) is 0 Å². The van der Waals surface area contributed by atoms with Gasteiger partial charge in [-0.1, -0.05) is 26.7 Å². The fourth-order valence-corrected chi connectivity index (χ4v) is 2.63. The highest BCUT2D eigenvalue weighted by atomic mass is 16.1. The van der Waals surface area contributed by atoms with E-state index in [-0.39, 0.29) is 11.8 Å². The fourth-order valence-electron chi connectivity index (χ4n) is 2.63. The summed E-state index contributed by atoms with van der Waals surface area (Å²) < 4.78 is 0. The molecule has 3 heteroatoms. The van der Waals surface area contributed by atoms with Gasteiger partial charge in [-0.3, -0.25) is 4.79 Å². The first kappa shape index (κ1) is 13.5. The summed E-state index contributed by atoms with van der Waals surface area (Å²) in [5, 5.41) is 6.16. The molecule has 0 aliphatic heterocycles. The quantitative estimate of drug-likeness (QED) is 0.726. The van der Waals surface area contributed by atoms with E-state index >= 15 is 0 Å². The molecule has 1 unspecified atom stereocenters. The standard InChI is InChI=1S/C13H26N2O/c1-4-13(7-5-6-8-13)10-15-12(16)11(2)9-14-3/h11,14H,4-10H2,1-3H3,(H,15,16). The van der Waals surface area contributed by atoms with Crippen LogP contribution in [0.15, 0.2) is 0 Å². The van der Waals surface area contributed by atoms with Crippen molar-refractivity contribution in [2.45, 2.75) is 46.0 Å². The summed E-state index contributed by atoms with van der Waals surface area (Å²) in [5.41, 5.74) is 0.398. The SMILES string of the molecule is CCC1(CNC(=O)C(C)CNC)CCCC1. The number of hydrogen-bond acceptors (Lipinski definition) is 2. The first-order valence-corrected chi connectivity index (χ1v) is 6.56. The third-order valence-corrected chi connectivity index (χ3v) is 4.01. The Morgan fingerprint density at radius 2 is 2.00 bits per heavy atom. The Bertz CT molecular complexity index is 222. The third-order valence-electron chi connectivity index (χ3n) is 4.01. The topological polar surface area (TPSA) is 41.1 Å². The Morgan fingerprint density at radius 3 is 2.50 bits per heavy atom. The van der Waals surface area contributed by atoms with E-state index in [9.17, 15) is 4.79 Å². The Labute approximate surface area is 99.4 Å². The zero-order valence-corrected chi connectivity index (χ0v) is 10.9. The van der Waals surface area contributed by atoms with Crippen molar-refractivity contribution in [2.75, 3.05) is 20.1 Å². The Balaban J connectivity index is 2.35. The molecule has 94 valence electrons. The normalized spacial score (nSPS) is 20.7. The highest BCUT2D eigenvalue weighted by Gasteiger charge is 2.32. The second-order valence-electron chi connectivity index (χ2n) is 5.24. The van der Waals surface area contributed by atoms with E-state index in [2.05, 4.69) is 17.6 Å². The maximum atomic E-state index is 11.8. The van der Waals surface area contributed by atoms with Gasteiger partial charge >= 0.3 is 0 Å². The summed E-state index contributed by atoms with van der Waals surface area (Å²) in [6.07, 6.45) is 6.41. The molecule has 0 radical (unpaired) electrons. The van der Waals surface area contributed by atoms with Crippen LogP contribution in [-0.4, -0.2) is 26.0 Å². The van der Waals surface area contributed by atoms with Crippen LogP contribution in [0.4, 0.5) is 0 Å². The van der Waals surface area contributed by atoms with E-state index in [0.29, 0.717) is 5.41 Å². The summed E-state index contributed by atoms with van der Waals surface area (Å²) in [6, 6.07) is 0. The lowest BCUT2D eigenvalue weighted by Gasteiger charge is -2.28. The molecule has 1 atom stereocenters. The van der Waals surface area contributed by atoms with Gasteiger partial charge in [-0.2, -0.15) is 0 Å². The van der Waals surface area contributed by atoms with Gasteiger partial charge in [0.1, 0.15) is 0 Å². The largest absolute Gasteiger partial charge is 0.355 e. The number of nitrogens with one attached hydrogen (secondary N) is 2. The summed E-state index contributed by atoms with van der Waals surface area (Å²) in [4.78, 5) is 11.8. The summed E-state index contributed by atoms with van der Waals surface area (Å²) in [7, 11) is 1.88. The fraction of sp³-hybridized carbons (Fsp3) is 0.923. The Kier molecular flexibility index (Phi) is 5.26. The molecule has 1 amide bonds. The van der Waals surface area contributed by atoms with Crippen molar-refractivity contribution in [3.63, 3.8) is 0 Å². The molecule has 0 aromatic carbocycles. The smallest absolute Gasteiger partial charge is 0.224 e. The molecule has 0 aromatic heterocycles. The number of hydrogen-bond donors (Lipinski definition) is 2. The van der Waals surface area contributed by atoms with Gasteiger partial charge in [-0.25, -0.2) is 0 Å². The van der Waals surface area contributed by atoms with E-state index in [1.807, 2.05) is 14.0 Å². The van der Waals surface area contributed by atoms with Crippen molar-refractivity contribution in [1.82, 2.24) is 10.6 Å². The number of carbonyl (C=O) groups is 1. The molecule has 1 aliphatic carbocycles. The zero-order chi connectivity index (χ0) is 12.0. The van der Waals surface area contributed by atoms with Crippen LogP contribution >= 0.6 is 0 Å². The second kappa shape index (κ2) is 6.24. The summed E-state index contributed by atoms with van der Waals surface area (Å²) >= 11 is 0. The lowest BCUT2D eigenvalue weighted by atomic mass is 9.83. The van der Waals surface area contributed by atoms with Crippen molar-refractivity contribution >= 4 is 5.91 Å². The summed E-state index contributed by atoms with van der Waals surface area (Å²) in [5.74, 6) is 0.259. The average Bonchev–Trinajstić information content (AvgIpc) is 2.75. The van der Waals surface area contributed by atoms with Crippen LogP contribution in [0, 0.1) is 11.3 Å². The van der Waals surface area contributed by atoms with Crippen LogP contribution in [0.1, 0.15) is 46.0 Å². The highest BCUT2D eigenvalue weighted by Crippen LogP contribution is 2.40. The minimum Gasteiger partial charge on any atom is -0.355 e. The van der Waals surface area contributed by atoms with Gasteiger partial charge in [0.2, 0.25) is 5.91 Å². The van der Waals surface area contributed by atoms with Crippen molar-refractivity contribution in [3.8, 4) is 0 Å². The number of amides is 1. The molecular formula is C13H26N2O. The van der Waals surface area contributed by atoms with Crippen molar-refractivity contribution in [1.29, 1.82) is 0 Å². The van der Waals surface area contributed by atoms with Crippen molar-refractivity contribution in [2.24, 2.45) is 11.3 Å². The number of carbonyl (C=O) groups excluding carboxylic acids is 1. The lowest BCUT2D eigenvalue weighted by Crippen LogP contribution is -2.40. The van der Waals surface area contributed by atoms with E-state index in [1.165, 1.54) is 32.1 Å². The van der Waals surface area contributed by atoms with Crippen LogP contribution in [0.3, 0.4) is 0 Å². The molecule has 0 saturated heterocycles. The first-order valence-electron chi connectivity index (χ1n) is 6.56. The van der Waals surface area contributed by atoms with Crippen LogP contribution in [0.2, 0.25) is 0 Å². The predicted octanol–water partition coefficient (Wildman–Crippen LogP) is 1.93. The lowest BCUT2D eigenvalue weighted by molar-refractivity contribution is -0.124. The van der Waals surface area contributed by atoms with Crippen LogP contribution in [0.25, 0.3) is 0 Å². The molecule has 0 aromatic rings. The van der Waals surface area contributed by atoms with Gasteiger partial charge in [-0.05, 0) is 31.7 Å². The van der Waals surface area contributed by atoms with E-state index < -0.39 is 0 Å². The van der Waals surface area contributed by atoms with Gasteiger partial charge < -0.3 is 10.6 Å². The first-order chi connectivity index (χ1) is 7.63. The maximum Gasteiger partial charge on any atom is 0.224 e. The minimum atomic E-state index is 0.0697. The second-order valence-corrected chi connectivity index (χ2v) is 5.24. The molecule has 1 saturated carbocycles. The maximum absolute atomic E-state index is 11.8. The third kappa shape index (κ3) is 3.48. The van der Waals surface area contributed by atoms with Gasteiger partial charge in [-0.15, -0.1) is 0 Å².